The Hall–Kier alpha value is -2.36. The minimum absolute atomic E-state index is 0.0655. The van der Waals surface area contributed by atoms with E-state index in [9.17, 15) is 9.59 Å². The average molecular weight is 324 g/mol. The predicted molar refractivity (Wildman–Crippen MR) is 95.7 cm³/mol. The summed E-state index contributed by atoms with van der Waals surface area (Å²) in [4.78, 5) is 28.4. The zero-order valence-corrected chi connectivity index (χ0v) is 14.7. The van der Waals surface area contributed by atoms with Gasteiger partial charge in [-0.05, 0) is 42.4 Å². The van der Waals surface area contributed by atoms with Gasteiger partial charge in [-0.3, -0.25) is 9.59 Å². The number of H-pyrrole nitrogens is 1. The molecule has 1 amide bonds. The minimum Gasteiger partial charge on any atom is -0.354 e. The van der Waals surface area contributed by atoms with E-state index in [1.54, 1.807) is 0 Å². The lowest BCUT2D eigenvalue weighted by molar-refractivity contribution is 0.0910. The molecule has 1 heterocycles. The number of amides is 1. The molecule has 4 nitrogen and oxygen atoms in total. The Labute approximate surface area is 142 Å². The molecule has 1 aromatic heterocycles. The number of aromatic amines is 1. The second-order valence-electron chi connectivity index (χ2n) is 7.38. The number of anilines is 1. The van der Waals surface area contributed by atoms with E-state index < -0.39 is 0 Å². The topological polar surface area (TPSA) is 62.0 Å². The molecule has 2 N–H and O–H groups in total. The Morgan fingerprint density at radius 3 is 2.67 bits per heavy atom. The van der Waals surface area contributed by atoms with Gasteiger partial charge >= 0.3 is 0 Å². The fraction of sp³-hybridized carbons (Fsp3) is 0.400. The number of hydrogen-bond donors (Lipinski definition) is 2. The molecule has 4 heteroatoms. The van der Waals surface area contributed by atoms with E-state index >= 15 is 0 Å². The third-order valence-corrected chi connectivity index (χ3v) is 4.77. The van der Waals surface area contributed by atoms with E-state index in [0.717, 1.165) is 35.3 Å². The highest BCUT2D eigenvalue weighted by molar-refractivity contribution is 6.08. The van der Waals surface area contributed by atoms with Gasteiger partial charge in [0.05, 0.1) is 0 Å². The molecule has 0 spiro atoms. The average Bonchev–Trinajstić information content (AvgIpc) is 2.83. The summed E-state index contributed by atoms with van der Waals surface area (Å²) in [5.41, 5.74) is 4.71. The SMILES string of the molecule is CCc1ccccc1NC(=O)c1[nH]c2c(c1C)C(=O)CC(C)(C)C2. The second-order valence-corrected chi connectivity index (χ2v) is 7.38. The Morgan fingerprint density at radius 1 is 1.25 bits per heavy atom. The molecular formula is C20H24N2O2. The van der Waals surface area contributed by atoms with Crippen molar-refractivity contribution < 1.29 is 9.59 Å². The number of aryl methyl sites for hydroxylation is 1. The summed E-state index contributed by atoms with van der Waals surface area (Å²) in [6, 6.07) is 7.79. The van der Waals surface area contributed by atoms with Gasteiger partial charge in [0.2, 0.25) is 0 Å². The lowest BCUT2D eigenvalue weighted by Crippen LogP contribution is -2.26. The van der Waals surface area contributed by atoms with Crippen LogP contribution in [0.5, 0.6) is 0 Å². The summed E-state index contributed by atoms with van der Waals surface area (Å²) in [7, 11) is 0. The molecule has 0 saturated heterocycles. The number of Topliss-reactive ketones (excluding diaryl/α,β-unsaturated/α-hetero) is 1. The summed E-state index contributed by atoms with van der Waals surface area (Å²) < 4.78 is 0. The third kappa shape index (κ3) is 2.88. The monoisotopic (exact) mass is 324 g/mol. The van der Waals surface area contributed by atoms with Crippen molar-refractivity contribution in [3.8, 4) is 0 Å². The van der Waals surface area contributed by atoms with E-state index in [-0.39, 0.29) is 17.1 Å². The van der Waals surface area contributed by atoms with Gasteiger partial charge in [0.1, 0.15) is 5.69 Å². The van der Waals surface area contributed by atoms with Crippen LogP contribution in [0.4, 0.5) is 5.69 Å². The lowest BCUT2D eigenvalue weighted by atomic mass is 9.75. The molecule has 3 rings (SSSR count). The first-order valence-corrected chi connectivity index (χ1v) is 8.46. The van der Waals surface area contributed by atoms with Gasteiger partial charge in [0.15, 0.2) is 5.78 Å². The van der Waals surface area contributed by atoms with E-state index in [1.165, 1.54) is 0 Å². The van der Waals surface area contributed by atoms with Gasteiger partial charge in [-0.15, -0.1) is 0 Å². The number of hydrogen-bond acceptors (Lipinski definition) is 2. The van der Waals surface area contributed by atoms with Gasteiger partial charge in [-0.25, -0.2) is 0 Å². The van der Waals surface area contributed by atoms with E-state index in [0.29, 0.717) is 17.7 Å². The smallest absolute Gasteiger partial charge is 0.272 e. The summed E-state index contributed by atoms with van der Waals surface area (Å²) in [5.74, 6) is -0.0589. The zero-order chi connectivity index (χ0) is 17.5. The molecule has 0 saturated carbocycles. The fourth-order valence-corrected chi connectivity index (χ4v) is 3.59. The summed E-state index contributed by atoms with van der Waals surface area (Å²) in [6.45, 7) is 8.08. The standard InChI is InChI=1S/C20H24N2O2/c1-5-13-8-6-7-9-14(13)22-19(24)18-12(2)17-15(21-18)10-20(3,4)11-16(17)23/h6-9,21H,5,10-11H2,1-4H3,(H,22,24). The molecule has 0 aliphatic heterocycles. The quantitative estimate of drug-likeness (QED) is 0.884. The van der Waals surface area contributed by atoms with Gasteiger partial charge in [0, 0.05) is 23.4 Å². The molecule has 0 atom stereocenters. The Morgan fingerprint density at radius 2 is 1.96 bits per heavy atom. The molecule has 0 radical (unpaired) electrons. The highest BCUT2D eigenvalue weighted by Gasteiger charge is 2.35. The van der Waals surface area contributed by atoms with Crippen molar-refractivity contribution in [2.45, 2.75) is 47.0 Å². The number of aromatic nitrogens is 1. The number of para-hydroxylation sites is 1. The second kappa shape index (κ2) is 5.93. The van der Waals surface area contributed by atoms with Crippen LogP contribution in [0.25, 0.3) is 0 Å². The van der Waals surface area contributed by atoms with Crippen LogP contribution in [0.15, 0.2) is 24.3 Å². The molecule has 2 aromatic rings. The number of carbonyl (C=O) groups is 2. The summed E-state index contributed by atoms with van der Waals surface area (Å²) in [5, 5.41) is 2.98. The maximum atomic E-state index is 12.7. The first-order valence-electron chi connectivity index (χ1n) is 8.46. The first kappa shape index (κ1) is 16.5. The van der Waals surface area contributed by atoms with Crippen molar-refractivity contribution >= 4 is 17.4 Å². The predicted octanol–water partition coefficient (Wildman–Crippen LogP) is 4.29. The number of rotatable bonds is 3. The highest BCUT2D eigenvalue weighted by atomic mass is 16.2. The van der Waals surface area contributed by atoms with E-state index in [4.69, 9.17) is 0 Å². The third-order valence-electron chi connectivity index (χ3n) is 4.77. The van der Waals surface area contributed by atoms with Gasteiger partial charge < -0.3 is 10.3 Å². The number of carbonyl (C=O) groups excluding carboxylic acids is 2. The largest absolute Gasteiger partial charge is 0.354 e. The van der Waals surface area contributed by atoms with Crippen LogP contribution >= 0.6 is 0 Å². The van der Waals surface area contributed by atoms with E-state index in [1.807, 2.05) is 31.2 Å². The first-order chi connectivity index (χ1) is 11.3. The van der Waals surface area contributed by atoms with Crippen molar-refractivity contribution in [3.63, 3.8) is 0 Å². The maximum absolute atomic E-state index is 12.7. The normalized spacial score (nSPS) is 15.9. The molecule has 0 fully saturated rings. The molecule has 0 bridgehead atoms. The number of nitrogens with one attached hydrogen (secondary N) is 2. The highest BCUT2D eigenvalue weighted by Crippen LogP contribution is 2.36. The van der Waals surface area contributed by atoms with Crippen LogP contribution in [0.3, 0.4) is 0 Å². The van der Waals surface area contributed by atoms with Gasteiger partial charge in [-0.1, -0.05) is 39.0 Å². The summed E-state index contributed by atoms with van der Waals surface area (Å²) >= 11 is 0. The minimum atomic E-state index is -0.187. The molecule has 24 heavy (non-hydrogen) atoms. The molecule has 0 unspecified atom stereocenters. The Bertz CT molecular complexity index is 815. The molecule has 1 aliphatic rings. The van der Waals surface area contributed by atoms with Crippen LogP contribution in [-0.2, 0) is 12.8 Å². The molecule has 1 aromatic carbocycles. The number of ketones is 1. The van der Waals surface area contributed by atoms with Crippen molar-refractivity contribution in [2.75, 3.05) is 5.32 Å². The van der Waals surface area contributed by atoms with Crippen molar-refractivity contribution in [3.05, 3.63) is 52.3 Å². The van der Waals surface area contributed by atoms with Crippen LogP contribution in [0.1, 0.15) is 64.9 Å². The van der Waals surface area contributed by atoms with Crippen molar-refractivity contribution in [2.24, 2.45) is 5.41 Å². The van der Waals surface area contributed by atoms with Crippen LogP contribution in [-0.4, -0.2) is 16.7 Å². The van der Waals surface area contributed by atoms with Crippen LogP contribution in [0.2, 0.25) is 0 Å². The summed E-state index contributed by atoms with van der Waals surface area (Å²) in [6.07, 6.45) is 2.16. The number of fused-ring (bicyclic) bond motifs is 1. The lowest BCUT2D eigenvalue weighted by Gasteiger charge is -2.28. The van der Waals surface area contributed by atoms with Gasteiger partial charge in [-0.2, -0.15) is 0 Å². The fourth-order valence-electron chi connectivity index (χ4n) is 3.59. The molecule has 126 valence electrons. The van der Waals surface area contributed by atoms with Crippen LogP contribution in [0, 0.1) is 12.3 Å². The van der Waals surface area contributed by atoms with Crippen molar-refractivity contribution in [1.82, 2.24) is 4.98 Å². The Balaban J connectivity index is 1.94. The van der Waals surface area contributed by atoms with E-state index in [2.05, 4.69) is 31.1 Å². The zero-order valence-electron chi connectivity index (χ0n) is 14.7. The van der Waals surface area contributed by atoms with Crippen LogP contribution < -0.4 is 5.32 Å². The maximum Gasteiger partial charge on any atom is 0.272 e. The Kier molecular flexibility index (Phi) is 4.08. The van der Waals surface area contributed by atoms with Crippen molar-refractivity contribution in [1.29, 1.82) is 0 Å². The number of benzene rings is 1. The molecule has 1 aliphatic carbocycles. The van der Waals surface area contributed by atoms with Gasteiger partial charge in [0.25, 0.3) is 5.91 Å². The molecular weight excluding hydrogens is 300 g/mol.